The molecule has 0 aliphatic carbocycles. The molecule has 1 N–H and O–H groups in total. The van der Waals surface area contributed by atoms with Crippen LogP contribution in [-0.2, 0) is 22.3 Å². The number of rotatable bonds is 7. The van der Waals surface area contributed by atoms with Crippen molar-refractivity contribution < 1.29 is 8.42 Å². The molecule has 0 atom stereocenters. The third-order valence-electron chi connectivity index (χ3n) is 4.34. The van der Waals surface area contributed by atoms with E-state index in [1.807, 2.05) is 45.3 Å². The number of sulfonamides is 1. The molecule has 27 heavy (non-hydrogen) atoms. The lowest BCUT2D eigenvalue weighted by atomic mass is 10.2. The van der Waals surface area contributed by atoms with Crippen LogP contribution in [0.3, 0.4) is 0 Å². The predicted octanol–water partition coefficient (Wildman–Crippen LogP) is 1.47. The van der Waals surface area contributed by atoms with Crippen LogP contribution in [0, 0.1) is 6.92 Å². The van der Waals surface area contributed by atoms with Crippen molar-refractivity contribution in [2.75, 3.05) is 37.0 Å². The number of benzene rings is 1. The van der Waals surface area contributed by atoms with Gasteiger partial charge in [-0.1, -0.05) is 29.8 Å². The minimum absolute atomic E-state index is 0.0400. The van der Waals surface area contributed by atoms with E-state index in [4.69, 9.17) is 0 Å². The molecule has 1 aliphatic rings. The van der Waals surface area contributed by atoms with Gasteiger partial charge in [-0.25, -0.2) is 13.1 Å². The second-order valence-corrected chi connectivity index (χ2v) is 8.82. The van der Waals surface area contributed by atoms with E-state index in [2.05, 4.69) is 24.6 Å². The molecule has 146 valence electrons. The molecule has 1 saturated heterocycles. The lowest BCUT2D eigenvalue weighted by Crippen LogP contribution is -2.28. The molecule has 2 heterocycles. The molecule has 0 bridgehead atoms. The first-order chi connectivity index (χ1) is 12.8. The Labute approximate surface area is 160 Å². The van der Waals surface area contributed by atoms with Crippen LogP contribution in [0.5, 0.6) is 0 Å². The molecule has 1 fully saturated rings. The van der Waals surface area contributed by atoms with Gasteiger partial charge in [0.05, 0.1) is 12.3 Å². The Hall–Kier alpha value is -2.26. The van der Waals surface area contributed by atoms with E-state index in [-0.39, 0.29) is 12.3 Å². The van der Waals surface area contributed by atoms with E-state index in [1.165, 1.54) is 0 Å². The molecule has 0 amide bonds. The summed E-state index contributed by atoms with van der Waals surface area (Å²) in [6.45, 7) is 3.81. The summed E-state index contributed by atoms with van der Waals surface area (Å²) in [4.78, 5) is 17.2. The summed E-state index contributed by atoms with van der Waals surface area (Å²) in [5.74, 6) is 1.49. The zero-order chi connectivity index (χ0) is 19.4. The van der Waals surface area contributed by atoms with Gasteiger partial charge >= 0.3 is 0 Å². The van der Waals surface area contributed by atoms with Gasteiger partial charge in [-0.15, -0.1) is 0 Å². The maximum Gasteiger partial charge on any atom is 0.230 e. The standard InChI is InChI=1S/C18H26N6O2S/c1-14-7-6-8-15(11-14)13-27(25,26)19-12-16-20-17(23(2)3)22-18(21-16)24-9-4-5-10-24/h6-8,11,19H,4-5,9-10,12-13H2,1-3H3. The zero-order valence-corrected chi connectivity index (χ0v) is 16.8. The second kappa shape index (κ2) is 8.18. The lowest BCUT2D eigenvalue weighted by Gasteiger charge is -2.19. The summed E-state index contributed by atoms with van der Waals surface area (Å²) < 4.78 is 27.5. The first-order valence-electron chi connectivity index (χ1n) is 9.02. The van der Waals surface area contributed by atoms with Gasteiger partial charge in [-0.3, -0.25) is 0 Å². The molecule has 0 saturated carbocycles. The van der Waals surface area contributed by atoms with Gasteiger partial charge < -0.3 is 9.80 Å². The highest BCUT2D eigenvalue weighted by Gasteiger charge is 2.19. The Bertz CT molecular complexity index is 894. The third-order valence-corrected chi connectivity index (χ3v) is 5.63. The largest absolute Gasteiger partial charge is 0.347 e. The van der Waals surface area contributed by atoms with Crippen LogP contribution in [-0.4, -0.2) is 50.6 Å². The number of nitrogens with zero attached hydrogens (tertiary/aromatic N) is 5. The maximum atomic E-state index is 12.4. The van der Waals surface area contributed by atoms with Gasteiger partial charge in [0, 0.05) is 27.2 Å². The van der Waals surface area contributed by atoms with Crippen molar-refractivity contribution in [2.45, 2.75) is 32.1 Å². The fourth-order valence-corrected chi connectivity index (χ4v) is 4.05. The predicted molar refractivity (Wildman–Crippen MR) is 106 cm³/mol. The van der Waals surface area contributed by atoms with E-state index < -0.39 is 10.0 Å². The molecule has 9 heteroatoms. The fourth-order valence-electron chi connectivity index (χ4n) is 2.98. The van der Waals surface area contributed by atoms with Gasteiger partial charge in [0.15, 0.2) is 5.82 Å². The SMILES string of the molecule is Cc1cccc(CS(=O)(=O)NCc2nc(N(C)C)nc(N3CCCC3)n2)c1. The van der Waals surface area contributed by atoms with E-state index >= 15 is 0 Å². The normalized spacial score (nSPS) is 14.6. The van der Waals surface area contributed by atoms with E-state index in [9.17, 15) is 8.42 Å². The van der Waals surface area contributed by atoms with Crippen molar-refractivity contribution in [1.82, 2.24) is 19.7 Å². The number of aromatic nitrogens is 3. The van der Waals surface area contributed by atoms with Crippen LogP contribution in [0.4, 0.5) is 11.9 Å². The molecule has 0 spiro atoms. The third kappa shape index (κ3) is 5.36. The minimum Gasteiger partial charge on any atom is -0.347 e. The number of hydrogen-bond acceptors (Lipinski definition) is 7. The van der Waals surface area contributed by atoms with E-state index in [0.29, 0.717) is 17.7 Å². The second-order valence-electron chi connectivity index (χ2n) is 7.01. The summed E-state index contributed by atoms with van der Waals surface area (Å²) >= 11 is 0. The Morgan fingerprint density at radius 1 is 1.15 bits per heavy atom. The minimum atomic E-state index is -3.49. The first-order valence-corrected chi connectivity index (χ1v) is 10.7. The first kappa shape index (κ1) is 19.5. The summed E-state index contributed by atoms with van der Waals surface area (Å²) in [5.41, 5.74) is 1.79. The topological polar surface area (TPSA) is 91.3 Å². The molecule has 0 radical (unpaired) electrons. The maximum absolute atomic E-state index is 12.4. The molecule has 1 aliphatic heterocycles. The van der Waals surface area contributed by atoms with Crippen LogP contribution in [0.1, 0.15) is 29.8 Å². The quantitative estimate of drug-likeness (QED) is 0.765. The van der Waals surface area contributed by atoms with Crippen LogP contribution in [0.2, 0.25) is 0 Å². The molecular formula is C18H26N6O2S. The molecule has 0 unspecified atom stereocenters. The average Bonchev–Trinajstić information content (AvgIpc) is 3.14. The van der Waals surface area contributed by atoms with Gasteiger partial charge in [-0.05, 0) is 25.3 Å². The summed E-state index contributed by atoms with van der Waals surface area (Å²) in [6.07, 6.45) is 2.23. The molecule has 1 aromatic heterocycles. The highest BCUT2D eigenvalue weighted by molar-refractivity contribution is 7.88. The van der Waals surface area contributed by atoms with Gasteiger partial charge in [-0.2, -0.15) is 15.0 Å². The van der Waals surface area contributed by atoms with E-state index in [1.54, 1.807) is 4.90 Å². The molecular weight excluding hydrogens is 364 g/mol. The zero-order valence-electron chi connectivity index (χ0n) is 16.0. The Morgan fingerprint density at radius 3 is 2.56 bits per heavy atom. The Kier molecular flexibility index (Phi) is 5.91. The van der Waals surface area contributed by atoms with Gasteiger partial charge in [0.25, 0.3) is 0 Å². The van der Waals surface area contributed by atoms with E-state index in [0.717, 1.165) is 37.1 Å². The van der Waals surface area contributed by atoms with Crippen molar-refractivity contribution in [2.24, 2.45) is 0 Å². The van der Waals surface area contributed by atoms with Crippen molar-refractivity contribution in [3.8, 4) is 0 Å². The number of anilines is 2. The average molecular weight is 391 g/mol. The monoisotopic (exact) mass is 390 g/mol. The van der Waals surface area contributed by atoms with Crippen LogP contribution in [0.15, 0.2) is 24.3 Å². The molecule has 3 rings (SSSR count). The Morgan fingerprint density at radius 2 is 1.89 bits per heavy atom. The van der Waals surface area contributed by atoms with Gasteiger partial charge in [0.2, 0.25) is 21.9 Å². The van der Waals surface area contributed by atoms with Crippen molar-refractivity contribution in [3.05, 3.63) is 41.2 Å². The molecule has 1 aromatic carbocycles. The number of hydrogen-bond donors (Lipinski definition) is 1. The Balaban J connectivity index is 1.74. The van der Waals surface area contributed by atoms with Crippen molar-refractivity contribution >= 4 is 21.9 Å². The fraction of sp³-hybridized carbons (Fsp3) is 0.500. The van der Waals surface area contributed by atoms with Gasteiger partial charge in [0.1, 0.15) is 0 Å². The van der Waals surface area contributed by atoms with Crippen molar-refractivity contribution in [1.29, 1.82) is 0 Å². The van der Waals surface area contributed by atoms with Crippen molar-refractivity contribution in [3.63, 3.8) is 0 Å². The highest BCUT2D eigenvalue weighted by Crippen LogP contribution is 2.18. The summed E-state index contributed by atoms with van der Waals surface area (Å²) in [7, 11) is 0.220. The van der Waals surface area contributed by atoms with Crippen LogP contribution in [0.25, 0.3) is 0 Å². The smallest absolute Gasteiger partial charge is 0.230 e. The summed E-state index contributed by atoms with van der Waals surface area (Å²) in [6, 6.07) is 7.48. The number of aryl methyl sites for hydroxylation is 1. The highest BCUT2D eigenvalue weighted by atomic mass is 32.2. The van der Waals surface area contributed by atoms with Crippen LogP contribution >= 0.6 is 0 Å². The molecule has 8 nitrogen and oxygen atoms in total. The molecule has 2 aromatic rings. The van der Waals surface area contributed by atoms with Crippen LogP contribution < -0.4 is 14.5 Å². The number of nitrogens with one attached hydrogen (secondary N) is 1. The lowest BCUT2D eigenvalue weighted by molar-refractivity contribution is 0.578. The summed E-state index contributed by atoms with van der Waals surface area (Å²) in [5, 5.41) is 0.